The molecule has 7 heteroatoms. The van der Waals surface area contributed by atoms with Gasteiger partial charge in [0.25, 0.3) is 0 Å². The lowest BCUT2D eigenvalue weighted by molar-refractivity contribution is -0.141. The second-order valence-corrected chi connectivity index (χ2v) is 14.2. The first-order chi connectivity index (χ1) is 12.0. The number of pyridine rings is 1. The van der Waals surface area contributed by atoms with E-state index in [0.29, 0.717) is 10.0 Å². The molecule has 2 aromatic heterocycles. The van der Waals surface area contributed by atoms with Gasteiger partial charge in [-0.25, -0.2) is 0 Å². The number of aromatic nitrogens is 2. The molecule has 0 saturated carbocycles. The quantitative estimate of drug-likeness (QED) is 0.438. The highest BCUT2D eigenvalue weighted by atomic mass is 79.9. The van der Waals surface area contributed by atoms with Crippen LogP contribution in [0.2, 0.25) is 16.6 Å². The first-order valence-corrected chi connectivity index (χ1v) is 11.8. The van der Waals surface area contributed by atoms with E-state index in [4.69, 9.17) is 0 Å². The van der Waals surface area contributed by atoms with Gasteiger partial charge in [0.1, 0.15) is 5.69 Å². The Bertz CT molecular complexity index is 730. The van der Waals surface area contributed by atoms with E-state index in [1.54, 1.807) is 22.6 Å². The molecule has 0 saturated heterocycles. The fourth-order valence-corrected chi connectivity index (χ4v) is 12.1. The van der Waals surface area contributed by atoms with E-state index >= 15 is 0 Å². The minimum absolute atomic E-state index is 0.160. The summed E-state index contributed by atoms with van der Waals surface area (Å²) in [5, 5.41) is 0. The number of hydrogen-bond donors (Lipinski definition) is 0. The summed E-state index contributed by atoms with van der Waals surface area (Å²) in [5.74, 6) is 0. The van der Waals surface area contributed by atoms with Crippen LogP contribution in [0.5, 0.6) is 0 Å². The van der Waals surface area contributed by atoms with E-state index in [1.807, 2.05) is 0 Å². The largest absolute Gasteiger partial charge is 0.431 e. The molecule has 0 fully saturated rings. The number of rotatable bonds is 5. The lowest BCUT2D eigenvalue weighted by atomic mass is 10.1. The third-order valence-electron chi connectivity index (χ3n) is 5.39. The molecule has 144 valence electrons. The highest BCUT2D eigenvalue weighted by Crippen LogP contribution is 2.50. The van der Waals surface area contributed by atoms with Crippen molar-refractivity contribution in [1.82, 2.24) is 9.22 Å². The lowest BCUT2D eigenvalue weighted by Crippen LogP contribution is -2.53. The molecule has 0 atom stereocenters. The van der Waals surface area contributed by atoms with Gasteiger partial charge in [-0.2, -0.15) is 13.2 Å². The van der Waals surface area contributed by atoms with Gasteiger partial charge in [0.2, 0.25) is 0 Å². The summed E-state index contributed by atoms with van der Waals surface area (Å²) >= 11 is 3.42. The van der Waals surface area contributed by atoms with Crippen molar-refractivity contribution in [3.05, 3.63) is 40.9 Å². The molecule has 0 N–H and O–H groups in total. The van der Waals surface area contributed by atoms with Crippen LogP contribution in [0, 0.1) is 0 Å². The number of hydrogen-bond acceptors (Lipinski definition) is 1. The van der Waals surface area contributed by atoms with Crippen molar-refractivity contribution in [2.75, 3.05) is 0 Å². The van der Waals surface area contributed by atoms with Gasteiger partial charge >= 0.3 is 6.18 Å². The maximum Gasteiger partial charge on any atom is 0.431 e. The Morgan fingerprint density at radius 3 is 1.81 bits per heavy atom. The molecule has 0 aromatic carbocycles. The number of alkyl halides is 3. The zero-order chi connectivity index (χ0) is 19.9. The summed E-state index contributed by atoms with van der Waals surface area (Å²) in [5.41, 5.74) is 0.670. The Morgan fingerprint density at radius 2 is 1.42 bits per heavy atom. The maximum atomic E-state index is 14.3. The molecule has 26 heavy (non-hydrogen) atoms. The van der Waals surface area contributed by atoms with Gasteiger partial charge < -0.3 is 4.23 Å². The average molecular weight is 447 g/mol. The normalized spacial score (nSPS) is 13.3. The van der Waals surface area contributed by atoms with E-state index in [0.717, 1.165) is 0 Å². The van der Waals surface area contributed by atoms with E-state index in [-0.39, 0.29) is 22.2 Å². The third-order valence-corrected chi connectivity index (χ3v) is 12.7. The van der Waals surface area contributed by atoms with Crippen LogP contribution in [0.15, 0.2) is 35.2 Å². The van der Waals surface area contributed by atoms with Crippen LogP contribution in [0.3, 0.4) is 0 Å². The van der Waals surface area contributed by atoms with E-state index in [1.165, 1.54) is 12.4 Å². The molecule has 2 heterocycles. The Hall–Kier alpha value is -1.08. The van der Waals surface area contributed by atoms with Gasteiger partial charge in [0.15, 0.2) is 8.24 Å². The van der Waals surface area contributed by atoms with Crippen LogP contribution in [-0.2, 0) is 6.18 Å². The number of halogens is 4. The standard InChI is InChI=1S/C19H26BrF3N2Si/c1-12(2)26(13(3)4,14(5)6)25-11-16(20)17(18(25)19(21,22)23)15-7-9-24-10-8-15/h7-14H,1-6H3. The van der Waals surface area contributed by atoms with Crippen molar-refractivity contribution in [1.29, 1.82) is 0 Å². The molecule has 0 bridgehead atoms. The fourth-order valence-electron chi connectivity index (χ4n) is 4.69. The minimum atomic E-state index is -4.44. The second kappa shape index (κ2) is 7.50. The summed E-state index contributed by atoms with van der Waals surface area (Å²) in [6, 6.07) is 3.26. The topological polar surface area (TPSA) is 17.8 Å². The minimum Gasteiger partial charge on any atom is -0.368 e. The van der Waals surface area contributed by atoms with Crippen LogP contribution in [0.4, 0.5) is 13.2 Å². The Morgan fingerprint density at radius 1 is 0.962 bits per heavy atom. The van der Waals surface area contributed by atoms with Gasteiger partial charge in [0.05, 0.1) is 0 Å². The summed E-state index contributed by atoms with van der Waals surface area (Å²) in [4.78, 5) is 3.94. The Labute approximate surface area is 163 Å². The molecule has 0 radical (unpaired) electrons. The fraction of sp³-hybridized carbons (Fsp3) is 0.526. The molecule has 0 aliphatic rings. The molecular weight excluding hydrogens is 421 g/mol. The van der Waals surface area contributed by atoms with Crippen molar-refractivity contribution in [3.8, 4) is 11.1 Å². The highest BCUT2D eigenvalue weighted by molar-refractivity contribution is 9.10. The van der Waals surface area contributed by atoms with E-state index in [2.05, 4.69) is 62.5 Å². The maximum absolute atomic E-state index is 14.3. The lowest BCUT2D eigenvalue weighted by Gasteiger charge is -2.45. The second-order valence-electron chi connectivity index (χ2n) is 7.66. The van der Waals surface area contributed by atoms with Crippen LogP contribution in [0.1, 0.15) is 47.2 Å². The molecule has 2 nitrogen and oxygen atoms in total. The summed E-state index contributed by atoms with van der Waals surface area (Å²) in [6.07, 6.45) is 0.279. The third kappa shape index (κ3) is 3.40. The SMILES string of the molecule is CC(C)[Si](C(C)C)(C(C)C)n1cc(Br)c(-c2ccncc2)c1C(F)(F)F. The predicted molar refractivity (Wildman–Crippen MR) is 107 cm³/mol. The Kier molecular flexibility index (Phi) is 6.12. The van der Waals surface area contributed by atoms with Crippen LogP contribution in [-0.4, -0.2) is 17.5 Å². The van der Waals surface area contributed by atoms with Crippen LogP contribution >= 0.6 is 15.9 Å². The zero-order valence-electron chi connectivity index (χ0n) is 16.0. The molecule has 0 unspecified atom stereocenters. The van der Waals surface area contributed by atoms with Crippen molar-refractivity contribution < 1.29 is 13.2 Å². The average Bonchev–Trinajstić information content (AvgIpc) is 2.85. The van der Waals surface area contributed by atoms with Crippen molar-refractivity contribution in [2.24, 2.45) is 0 Å². The molecule has 0 spiro atoms. The Balaban J connectivity index is 2.94. The molecule has 0 amide bonds. The van der Waals surface area contributed by atoms with Crippen molar-refractivity contribution in [3.63, 3.8) is 0 Å². The zero-order valence-corrected chi connectivity index (χ0v) is 18.6. The number of nitrogens with zero attached hydrogens (tertiary/aromatic N) is 2. The summed E-state index contributed by atoms with van der Waals surface area (Å²) < 4.78 is 45.0. The molecule has 2 aromatic rings. The van der Waals surface area contributed by atoms with Gasteiger partial charge in [-0.3, -0.25) is 4.98 Å². The first-order valence-electron chi connectivity index (χ1n) is 8.84. The van der Waals surface area contributed by atoms with Crippen molar-refractivity contribution in [2.45, 2.75) is 64.3 Å². The van der Waals surface area contributed by atoms with E-state index < -0.39 is 20.1 Å². The summed E-state index contributed by atoms with van der Waals surface area (Å²) in [6.45, 7) is 12.4. The monoisotopic (exact) mass is 446 g/mol. The van der Waals surface area contributed by atoms with Gasteiger partial charge in [-0.15, -0.1) is 0 Å². The smallest absolute Gasteiger partial charge is 0.368 e. The summed E-state index contributed by atoms with van der Waals surface area (Å²) in [7, 11) is -2.55. The molecule has 2 rings (SSSR count). The van der Waals surface area contributed by atoms with Crippen LogP contribution < -0.4 is 0 Å². The first kappa shape index (κ1) is 21.2. The van der Waals surface area contributed by atoms with Crippen molar-refractivity contribution >= 4 is 24.2 Å². The molecular formula is C19H26BrF3N2Si. The molecule has 0 aliphatic carbocycles. The highest BCUT2D eigenvalue weighted by Gasteiger charge is 2.51. The van der Waals surface area contributed by atoms with Gasteiger partial charge in [0, 0.05) is 28.6 Å². The van der Waals surface area contributed by atoms with E-state index in [9.17, 15) is 13.2 Å². The van der Waals surface area contributed by atoms with Crippen LogP contribution in [0.25, 0.3) is 11.1 Å². The predicted octanol–water partition coefficient (Wildman–Crippen LogP) is 7.36. The molecule has 0 aliphatic heterocycles. The van der Waals surface area contributed by atoms with Gasteiger partial charge in [-0.1, -0.05) is 41.5 Å². The van der Waals surface area contributed by atoms with Gasteiger partial charge in [-0.05, 0) is 50.2 Å².